The number of rotatable bonds is 4. The number of morpholine rings is 1. The lowest BCUT2D eigenvalue weighted by molar-refractivity contribution is 0.0375. The molecule has 1 aliphatic heterocycles. The summed E-state index contributed by atoms with van der Waals surface area (Å²) >= 11 is 1.82. The summed E-state index contributed by atoms with van der Waals surface area (Å²) in [5.74, 6) is 0. The van der Waals surface area contributed by atoms with Gasteiger partial charge in [-0.1, -0.05) is 12.1 Å². The Morgan fingerprint density at radius 3 is 2.94 bits per heavy atom. The summed E-state index contributed by atoms with van der Waals surface area (Å²) in [7, 11) is 0. The van der Waals surface area contributed by atoms with Crippen LogP contribution in [0.4, 0.5) is 0 Å². The first-order valence-corrected chi connectivity index (χ1v) is 7.56. The molecule has 0 radical (unpaired) electrons. The lowest BCUT2D eigenvalue weighted by atomic mass is 10.1. The predicted octanol–water partition coefficient (Wildman–Crippen LogP) is 3.17. The first-order valence-electron chi connectivity index (χ1n) is 6.68. The van der Waals surface area contributed by atoms with E-state index in [2.05, 4.69) is 34.5 Å². The van der Waals surface area contributed by atoms with Gasteiger partial charge in [-0.3, -0.25) is 4.90 Å². The Kier molecular flexibility index (Phi) is 3.93. The molecule has 1 aromatic heterocycles. The number of hydrogen-bond donors (Lipinski definition) is 0. The van der Waals surface area contributed by atoms with E-state index >= 15 is 0 Å². The van der Waals surface area contributed by atoms with Crippen LogP contribution in [0.15, 0.2) is 29.6 Å². The molecule has 0 amide bonds. The minimum Gasteiger partial charge on any atom is -0.379 e. The molecule has 0 saturated carbocycles. The van der Waals surface area contributed by atoms with Crippen molar-refractivity contribution in [3.8, 4) is 0 Å². The monoisotopic (exact) mass is 261 g/mol. The van der Waals surface area contributed by atoms with Crippen LogP contribution in [0, 0.1) is 0 Å². The lowest BCUT2D eigenvalue weighted by Crippen LogP contribution is -2.36. The maximum Gasteiger partial charge on any atom is 0.0594 e. The fourth-order valence-corrected chi connectivity index (χ4v) is 3.27. The fourth-order valence-electron chi connectivity index (χ4n) is 2.50. The number of nitrogens with zero attached hydrogens (tertiary/aromatic N) is 1. The van der Waals surface area contributed by atoms with Gasteiger partial charge in [0.05, 0.1) is 13.2 Å². The maximum absolute atomic E-state index is 5.36. The molecule has 0 atom stereocenters. The van der Waals surface area contributed by atoms with E-state index in [1.165, 1.54) is 35.0 Å². The van der Waals surface area contributed by atoms with Gasteiger partial charge in [-0.2, -0.15) is 0 Å². The molecule has 2 nitrogen and oxygen atoms in total. The highest BCUT2D eigenvalue weighted by atomic mass is 32.1. The topological polar surface area (TPSA) is 12.5 Å². The second kappa shape index (κ2) is 5.83. The summed E-state index contributed by atoms with van der Waals surface area (Å²) in [5, 5.41) is 3.56. The number of aryl methyl sites for hydroxylation is 1. The summed E-state index contributed by atoms with van der Waals surface area (Å²) in [6.07, 6.45) is 2.43. The average molecular weight is 261 g/mol. The van der Waals surface area contributed by atoms with Crippen LogP contribution in [-0.4, -0.2) is 37.7 Å². The molecule has 3 heteroatoms. The van der Waals surface area contributed by atoms with Gasteiger partial charge in [-0.25, -0.2) is 0 Å². The zero-order valence-corrected chi connectivity index (χ0v) is 11.4. The van der Waals surface area contributed by atoms with Crippen molar-refractivity contribution < 1.29 is 4.74 Å². The van der Waals surface area contributed by atoms with Crippen LogP contribution in [0.2, 0.25) is 0 Å². The van der Waals surface area contributed by atoms with Crippen molar-refractivity contribution in [3.05, 3.63) is 35.2 Å². The maximum atomic E-state index is 5.36. The van der Waals surface area contributed by atoms with E-state index in [9.17, 15) is 0 Å². The molecular formula is C15H19NOS. The molecule has 1 saturated heterocycles. The minimum absolute atomic E-state index is 0.904. The van der Waals surface area contributed by atoms with Crippen LogP contribution in [0.1, 0.15) is 12.0 Å². The number of fused-ring (bicyclic) bond motifs is 1. The molecule has 1 fully saturated rings. The molecule has 0 aliphatic carbocycles. The van der Waals surface area contributed by atoms with E-state index in [0.717, 1.165) is 26.3 Å². The van der Waals surface area contributed by atoms with E-state index in [0.29, 0.717) is 0 Å². The van der Waals surface area contributed by atoms with Crippen LogP contribution in [0.25, 0.3) is 10.1 Å². The number of thiophene rings is 1. The second-order valence-corrected chi connectivity index (χ2v) is 5.80. The first kappa shape index (κ1) is 12.2. The Morgan fingerprint density at radius 1 is 1.17 bits per heavy atom. The molecular weight excluding hydrogens is 242 g/mol. The van der Waals surface area contributed by atoms with Crippen molar-refractivity contribution in [1.82, 2.24) is 4.90 Å². The summed E-state index contributed by atoms with van der Waals surface area (Å²) in [5.41, 5.74) is 1.47. The van der Waals surface area contributed by atoms with Crippen molar-refractivity contribution in [2.24, 2.45) is 0 Å². The van der Waals surface area contributed by atoms with Gasteiger partial charge >= 0.3 is 0 Å². The van der Waals surface area contributed by atoms with Gasteiger partial charge in [0.15, 0.2) is 0 Å². The number of hydrogen-bond acceptors (Lipinski definition) is 3. The molecule has 1 aromatic carbocycles. The summed E-state index contributed by atoms with van der Waals surface area (Å²) in [4.78, 5) is 2.51. The molecule has 18 heavy (non-hydrogen) atoms. The Bertz CT molecular complexity index is 502. The molecule has 2 aromatic rings. The second-order valence-electron chi connectivity index (χ2n) is 4.85. The van der Waals surface area contributed by atoms with Gasteiger partial charge in [0.2, 0.25) is 0 Å². The molecule has 0 unspecified atom stereocenters. The standard InChI is InChI=1S/C15H19NOS/c1(6-16-7-9-17-10-8-16)2-13-3-4-15-14(12-13)5-11-18-15/h3-5,11-12H,1-2,6-10H2. The minimum atomic E-state index is 0.904. The van der Waals surface area contributed by atoms with Gasteiger partial charge in [-0.05, 0) is 47.8 Å². The third-order valence-corrected chi connectivity index (χ3v) is 4.46. The summed E-state index contributed by atoms with van der Waals surface area (Å²) < 4.78 is 6.76. The van der Waals surface area contributed by atoms with E-state index in [1.54, 1.807) is 0 Å². The molecule has 96 valence electrons. The number of ether oxygens (including phenoxy) is 1. The van der Waals surface area contributed by atoms with Crippen LogP contribution in [-0.2, 0) is 11.2 Å². The molecule has 0 spiro atoms. The molecule has 2 heterocycles. The molecule has 3 rings (SSSR count). The van der Waals surface area contributed by atoms with Gasteiger partial charge in [-0.15, -0.1) is 11.3 Å². The highest BCUT2D eigenvalue weighted by Gasteiger charge is 2.09. The average Bonchev–Trinajstić information content (AvgIpc) is 2.87. The predicted molar refractivity (Wildman–Crippen MR) is 77.4 cm³/mol. The van der Waals surface area contributed by atoms with Gasteiger partial charge in [0, 0.05) is 17.8 Å². The zero-order valence-electron chi connectivity index (χ0n) is 10.6. The van der Waals surface area contributed by atoms with E-state index in [-0.39, 0.29) is 0 Å². The normalized spacial score (nSPS) is 17.3. The van der Waals surface area contributed by atoms with Gasteiger partial charge < -0.3 is 4.74 Å². The van der Waals surface area contributed by atoms with Crippen molar-refractivity contribution in [3.63, 3.8) is 0 Å². The van der Waals surface area contributed by atoms with Gasteiger partial charge in [0.1, 0.15) is 0 Å². The Morgan fingerprint density at radius 2 is 2.06 bits per heavy atom. The lowest BCUT2D eigenvalue weighted by Gasteiger charge is -2.26. The van der Waals surface area contributed by atoms with Gasteiger partial charge in [0.25, 0.3) is 0 Å². The third-order valence-electron chi connectivity index (χ3n) is 3.56. The summed E-state index contributed by atoms with van der Waals surface area (Å²) in [6.45, 7) is 5.21. The van der Waals surface area contributed by atoms with E-state index in [4.69, 9.17) is 4.74 Å². The molecule has 0 bridgehead atoms. The smallest absolute Gasteiger partial charge is 0.0594 e. The highest BCUT2D eigenvalue weighted by Crippen LogP contribution is 2.22. The SMILES string of the molecule is c1cc2cc(CCCN3CCOCC3)ccc2s1. The number of benzene rings is 1. The van der Waals surface area contributed by atoms with E-state index in [1.807, 2.05) is 11.3 Å². The van der Waals surface area contributed by atoms with E-state index < -0.39 is 0 Å². The van der Waals surface area contributed by atoms with Crippen LogP contribution < -0.4 is 0 Å². The largest absolute Gasteiger partial charge is 0.379 e. The quantitative estimate of drug-likeness (QED) is 0.838. The molecule has 1 aliphatic rings. The highest BCUT2D eigenvalue weighted by molar-refractivity contribution is 7.17. The van der Waals surface area contributed by atoms with Crippen LogP contribution in [0.3, 0.4) is 0 Å². The first-order chi connectivity index (χ1) is 8.92. The van der Waals surface area contributed by atoms with Crippen molar-refractivity contribution >= 4 is 21.4 Å². The molecule has 0 N–H and O–H groups in total. The fraction of sp³-hybridized carbons (Fsp3) is 0.467. The van der Waals surface area contributed by atoms with Crippen LogP contribution >= 0.6 is 11.3 Å². The Hall–Kier alpha value is -0.900. The van der Waals surface area contributed by atoms with Crippen molar-refractivity contribution in [2.75, 3.05) is 32.8 Å². The Labute approximate surface area is 112 Å². The zero-order chi connectivity index (χ0) is 12.2. The Balaban J connectivity index is 1.52. The van der Waals surface area contributed by atoms with Crippen molar-refractivity contribution in [1.29, 1.82) is 0 Å². The van der Waals surface area contributed by atoms with Crippen molar-refractivity contribution in [2.45, 2.75) is 12.8 Å². The summed E-state index contributed by atoms with van der Waals surface area (Å²) in [6, 6.07) is 9.08. The third kappa shape index (κ3) is 2.91. The van der Waals surface area contributed by atoms with Crippen LogP contribution in [0.5, 0.6) is 0 Å².